The Hall–Kier alpha value is -1.51. The average Bonchev–Trinajstić information content (AvgIpc) is 2.65. The van der Waals surface area contributed by atoms with E-state index in [0.29, 0.717) is 5.75 Å². The Balaban J connectivity index is 1.85. The summed E-state index contributed by atoms with van der Waals surface area (Å²) >= 11 is 0. The van der Waals surface area contributed by atoms with E-state index in [0.717, 1.165) is 37.7 Å². The molecule has 1 aliphatic carbocycles. The van der Waals surface area contributed by atoms with Crippen LogP contribution < -0.4 is 10.1 Å². The van der Waals surface area contributed by atoms with Gasteiger partial charge in [-0.1, -0.05) is 90.3 Å². The van der Waals surface area contributed by atoms with Crippen LogP contribution in [0, 0.1) is 5.41 Å². The van der Waals surface area contributed by atoms with Crippen LogP contribution in [-0.2, 0) is 6.42 Å². The van der Waals surface area contributed by atoms with Crippen LogP contribution >= 0.6 is 0 Å². The minimum Gasteiger partial charge on any atom is -0.410 e. The number of hydrogen-bond acceptors (Lipinski definition) is 2. The number of ether oxygens (including phenoxy) is 1. The number of aryl methyl sites for hydroxylation is 1. The second-order valence-electron chi connectivity index (χ2n) is 9.42. The molecule has 1 aromatic rings. The fourth-order valence-corrected chi connectivity index (χ4v) is 4.32. The van der Waals surface area contributed by atoms with Gasteiger partial charge in [-0.05, 0) is 49.7 Å². The lowest BCUT2D eigenvalue weighted by molar-refractivity contribution is 0.0769. The molecule has 3 heteroatoms. The highest BCUT2D eigenvalue weighted by Crippen LogP contribution is 2.43. The van der Waals surface area contributed by atoms with Crippen LogP contribution in [0.1, 0.15) is 104 Å². The van der Waals surface area contributed by atoms with Crippen LogP contribution in [0.25, 0.3) is 0 Å². The fraction of sp³-hybridized carbons (Fsp3) is 0.720. The average molecular weight is 388 g/mol. The smallest absolute Gasteiger partial charge is 0.410 e. The molecule has 28 heavy (non-hydrogen) atoms. The van der Waals surface area contributed by atoms with Gasteiger partial charge in [-0.25, -0.2) is 4.79 Å². The van der Waals surface area contributed by atoms with Gasteiger partial charge in [0.2, 0.25) is 0 Å². The number of para-hydroxylation sites is 1. The molecule has 1 amide bonds. The summed E-state index contributed by atoms with van der Waals surface area (Å²) in [6.07, 6.45) is 14.2. The predicted octanol–water partition coefficient (Wildman–Crippen LogP) is 7.43. The van der Waals surface area contributed by atoms with E-state index in [4.69, 9.17) is 4.74 Å². The Morgan fingerprint density at radius 2 is 1.61 bits per heavy atom. The van der Waals surface area contributed by atoms with Crippen LogP contribution in [0.2, 0.25) is 0 Å². The second-order valence-corrected chi connectivity index (χ2v) is 9.42. The van der Waals surface area contributed by atoms with Gasteiger partial charge in [0.05, 0.1) is 0 Å². The maximum absolute atomic E-state index is 12.7. The Morgan fingerprint density at radius 3 is 2.32 bits per heavy atom. The molecule has 0 bridgehead atoms. The molecular formula is C25H41NO2. The summed E-state index contributed by atoms with van der Waals surface area (Å²) in [6.45, 7) is 8.92. The Morgan fingerprint density at radius 1 is 0.964 bits per heavy atom. The highest BCUT2D eigenvalue weighted by molar-refractivity contribution is 5.72. The largest absolute Gasteiger partial charge is 0.413 e. The minimum atomic E-state index is -0.315. The van der Waals surface area contributed by atoms with E-state index in [1.807, 2.05) is 18.2 Å². The Labute approximate surface area is 172 Å². The number of carbonyl (C=O) groups excluding carboxylic acids is 1. The molecule has 0 spiro atoms. The number of rotatable bonds is 10. The quantitative estimate of drug-likeness (QED) is 0.424. The van der Waals surface area contributed by atoms with E-state index < -0.39 is 0 Å². The van der Waals surface area contributed by atoms with Crippen molar-refractivity contribution in [3.63, 3.8) is 0 Å². The number of benzene rings is 1. The van der Waals surface area contributed by atoms with Gasteiger partial charge in [0, 0.05) is 5.54 Å². The number of hydrogen-bond donors (Lipinski definition) is 1. The second kappa shape index (κ2) is 10.9. The van der Waals surface area contributed by atoms with Gasteiger partial charge < -0.3 is 10.1 Å². The molecule has 1 fully saturated rings. The molecule has 1 aromatic carbocycles. The van der Waals surface area contributed by atoms with Gasteiger partial charge in [-0.15, -0.1) is 0 Å². The molecule has 1 N–H and O–H groups in total. The molecule has 1 aliphatic rings. The zero-order valence-corrected chi connectivity index (χ0v) is 18.6. The lowest BCUT2D eigenvalue weighted by Crippen LogP contribution is -2.58. The SMILES string of the molecule is CCCCCCCCCc1ccccc1OC(=O)NC1(C)CCCCC1(C)C. The van der Waals surface area contributed by atoms with Gasteiger partial charge in [0.25, 0.3) is 0 Å². The number of carbonyl (C=O) groups is 1. The lowest BCUT2D eigenvalue weighted by Gasteiger charge is -2.48. The lowest BCUT2D eigenvalue weighted by atomic mass is 9.64. The topological polar surface area (TPSA) is 38.3 Å². The molecule has 1 unspecified atom stereocenters. The minimum absolute atomic E-state index is 0.0849. The first-order valence-electron chi connectivity index (χ1n) is 11.5. The third-order valence-electron chi connectivity index (χ3n) is 6.83. The molecule has 158 valence electrons. The molecule has 0 radical (unpaired) electrons. The maximum atomic E-state index is 12.7. The fourth-order valence-electron chi connectivity index (χ4n) is 4.32. The van der Waals surface area contributed by atoms with Crippen molar-refractivity contribution < 1.29 is 9.53 Å². The van der Waals surface area contributed by atoms with Gasteiger partial charge in [0.15, 0.2) is 0 Å². The van der Waals surface area contributed by atoms with Gasteiger partial charge in [0.1, 0.15) is 5.75 Å². The van der Waals surface area contributed by atoms with Crippen molar-refractivity contribution in [3.05, 3.63) is 29.8 Å². The van der Waals surface area contributed by atoms with Gasteiger partial charge >= 0.3 is 6.09 Å². The van der Waals surface area contributed by atoms with Crippen LogP contribution in [0.5, 0.6) is 5.75 Å². The Kier molecular flexibility index (Phi) is 8.85. The molecule has 3 nitrogen and oxygen atoms in total. The number of amides is 1. The van der Waals surface area contributed by atoms with Crippen LogP contribution in [0.3, 0.4) is 0 Å². The molecule has 1 saturated carbocycles. The first-order valence-corrected chi connectivity index (χ1v) is 11.5. The van der Waals surface area contributed by atoms with Crippen LogP contribution in [0.4, 0.5) is 4.79 Å². The standard InChI is InChI=1S/C25H41NO2/c1-5-6-7-8-9-10-11-16-21-17-12-13-18-22(21)28-23(27)26-25(4)20-15-14-19-24(25,2)3/h12-13,17-18H,5-11,14-16,19-20H2,1-4H3,(H,26,27). The van der Waals surface area contributed by atoms with Crippen molar-refractivity contribution in [2.24, 2.45) is 5.41 Å². The summed E-state index contributed by atoms with van der Waals surface area (Å²) in [5.74, 6) is 0.711. The summed E-state index contributed by atoms with van der Waals surface area (Å²) in [6, 6.07) is 7.99. The zero-order valence-electron chi connectivity index (χ0n) is 18.6. The van der Waals surface area contributed by atoms with E-state index in [9.17, 15) is 4.79 Å². The van der Waals surface area contributed by atoms with Crippen molar-refractivity contribution in [1.82, 2.24) is 5.32 Å². The highest BCUT2D eigenvalue weighted by atomic mass is 16.6. The summed E-state index contributed by atoms with van der Waals surface area (Å²) < 4.78 is 5.77. The molecule has 2 rings (SSSR count). The molecule has 0 saturated heterocycles. The summed E-state index contributed by atoms with van der Waals surface area (Å²) in [7, 11) is 0. The molecule has 0 heterocycles. The number of unbranched alkanes of at least 4 members (excludes halogenated alkanes) is 6. The first kappa shape index (κ1) is 22.8. The van der Waals surface area contributed by atoms with Crippen LogP contribution in [0.15, 0.2) is 24.3 Å². The Bertz CT molecular complexity index is 610. The third-order valence-corrected chi connectivity index (χ3v) is 6.83. The van der Waals surface area contributed by atoms with Gasteiger partial charge in [-0.3, -0.25) is 0 Å². The van der Waals surface area contributed by atoms with E-state index in [2.05, 4.69) is 39.1 Å². The molecular weight excluding hydrogens is 346 g/mol. The van der Waals surface area contributed by atoms with Crippen molar-refractivity contribution >= 4 is 6.09 Å². The normalized spacial score (nSPS) is 21.3. The summed E-state index contributed by atoms with van der Waals surface area (Å²) in [5, 5.41) is 3.20. The van der Waals surface area contributed by atoms with Crippen molar-refractivity contribution in [1.29, 1.82) is 0 Å². The number of nitrogens with one attached hydrogen (secondary N) is 1. The summed E-state index contributed by atoms with van der Waals surface area (Å²) in [4.78, 5) is 12.7. The van der Waals surface area contributed by atoms with Crippen LogP contribution in [-0.4, -0.2) is 11.6 Å². The monoisotopic (exact) mass is 387 g/mol. The van der Waals surface area contributed by atoms with Crippen molar-refractivity contribution in [3.8, 4) is 5.75 Å². The third kappa shape index (κ3) is 6.53. The van der Waals surface area contributed by atoms with E-state index >= 15 is 0 Å². The zero-order chi connectivity index (χ0) is 20.5. The molecule has 1 atom stereocenters. The predicted molar refractivity (Wildman–Crippen MR) is 118 cm³/mol. The van der Waals surface area contributed by atoms with E-state index in [1.165, 1.54) is 44.9 Å². The van der Waals surface area contributed by atoms with E-state index in [-0.39, 0.29) is 17.0 Å². The maximum Gasteiger partial charge on any atom is 0.413 e. The molecule has 0 aliphatic heterocycles. The van der Waals surface area contributed by atoms with Crippen molar-refractivity contribution in [2.75, 3.05) is 0 Å². The highest BCUT2D eigenvalue weighted by Gasteiger charge is 2.44. The van der Waals surface area contributed by atoms with Crippen molar-refractivity contribution in [2.45, 2.75) is 110 Å². The van der Waals surface area contributed by atoms with E-state index in [1.54, 1.807) is 0 Å². The molecule has 0 aromatic heterocycles. The van der Waals surface area contributed by atoms with Gasteiger partial charge in [-0.2, -0.15) is 0 Å². The summed E-state index contributed by atoms with van der Waals surface area (Å²) in [5.41, 5.74) is 1.01. The first-order chi connectivity index (χ1) is 13.4.